The molecule has 0 radical (unpaired) electrons. The molecule has 1 N–H and O–H groups in total. The van der Waals surface area contributed by atoms with Gasteiger partial charge in [-0.15, -0.1) is 0 Å². The minimum Gasteiger partial charge on any atom is -0.352 e. The van der Waals surface area contributed by atoms with Crippen LogP contribution < -0.4 is 9.62 Å². The molecule has 2 aromatic carbocycles. The van der Waals surface area contributed by atoms with Gasteiger partial charge in [0.15, 0.2) is 0 Å². The van der Waals surface area contributed by atoms with Crippen LogP contribution in [-0.4, -0.2) is 50.0 Å². The molecule has 0 heterocycles. The van der Waals surface area contributed by atoms with Gasteiger partial charge in [-0.1, -0.05) is 53.0 Å². The molecule has 0 spiro atoms. The van der Waals surface area contributed by atoms with Crippen molar-refractivity contribution in [3.05, 3.63) is 63.1 Å². The van der Waals surface area contributed by atoms with Crippen molar-refractivity contribution in [3.8, 4) is 0 Å². The molecular formula is C22H26Cl3N3O4S. The van der Waals surface area contributed by atoms with Gasteiger partial charge in [0.1, 0.15) is 12.6 Å². The second-order valence-corrected chi connectivity index (χ2v) is 11.0. The highest BCUT2D eigenvalue weighted by molar-refractivity contribution is 7.92. The SMILES string of the molecule is CC(C)NC(=O)C(C)N(Cc1ccc(Cl)c(Cl)c1)C(=O)CN(c1ccccc1Cl)S(C)(=O)=O. The standard InChI is InChI=1S/C22H26Cl3N3O4S/c1-14(2)26-22(30)15(3)27(12-16-9-10-17(23)19(25)11-16)21(29)13-28(33(4,31)32)20-8-6-5-7-18(20)24/h5-11,14-15H,12-13H2,1-4H3,(H,26,30). The Morgan fingerprint density at radius 1 is 0.970 bits per heavy atom. The maximum Gasteiger partial charge on any atom is 0.244 e. The lowest BCUT2D eigenvalue weighted by molar-refractivity contribution is -0.139. The molecule has 180 valence electrons. The summed E-state index contributed by atoms with van der Waals surface area (Å²) in [6, 6.07) is 10.2. The van der Waals surface area contributed by atoms with E-state index in [2.05, 4.69) is 5.32 Å². The molecule has 0 aliphatic rings. The van der Waals surface area contributed by atoms with Crippen molar-refractivity contribution in [1.82, 2.24) is 10.2 Å². The fourth-order valence-corrected chi connectivity index (χ4v) is 4.54. The predicted octanol–water partition coefficient (Wildman–Crippen LogP) is 4.35. The van der Waals surface area contributed by atoms with E-state index in [1.54, 1.807) is 51.1 Å². The molecule has 0 bridgehead atoms. The summed E-state index contributed by atoms with van der Waals surface area (Å²) in [5.41, 5.74) is 0.800. The number of sulfonamides is 1. The quantitative estimate of drug-likeness (QED) is 0.518. The first-order valence-corrected chi connectivity index (χ1v) is 13.1. The molecule has 0 aliphatic carbocycles. The molecule has 0 saturated carbocycles. The fraction of sp³-hybridized carbons (Fsp3) is 0.364. The Kier molecular flexibility index (Phi) is 9.43. The maximum atomic E-state index is 13.4. The van der Waals surface area contributed by atoms with Gasteiger partial charge in [0, 0.05) is 12.6 Å². The molecule has 0 aromatic heterocycles. The summed E-state index contributed by atoms with van der Waals surface area (Å²) >= 11 is 18.3. The Morgan fingerprint density at radius 3 is 2.15 bits per heavy atom. The van der Waals surface area contributed by atoms with E-state index in [1.807, 2.05) is 0 Å². The molecule has 0 saturated heterocycles. The van der Waals surface area contributed by atoms with E-state index in [4.69, 9.17) is 34.8 Å². The fourth-order valence-electron chi connectivity index (χ4n) is 3.07. The van der Waals surface area contributed by atoms with Crippen molar-refractivity contribution in [2.75, 3.05) is 17.1 Å². The van der Waals surface area contributed by atoms with E-state index < -0.39 is 28.5 Å². The van der Waals surface area contributed by atoms with Crippen LogP contribution in [-0.2, 0) is 26.2 Å². The van der Waals surface area contributed by atoms with Gasteiger partial charge in [0.2, 0.25) is 21.8 Å². The number of para-hydroxylation sites is 1. The highest BCUT2D eigenvalue weighted by Crippen LogP contribution is 2.28. The van der Waals surface area contributed by atoms with Crippen LogP contribution in [0.15, 0.2) is 42.5 Å². The van der Waals surface area contributed by atoms with Crippen LogP contribution in [0.1, 0.15) is 26.3 Å². The van der Waals surface area contributed by atoms with Crippen molar-refractivity contribution < 1.29 is 18.0 Å². The lowest BCUT2D eigenvalue weighted by Gasteiger charge is -2.32. The normalized spacial score (nSPS) is 12.4. The second kappa shape index (κ2) is 11.4. The summed E-state index contributed by atoms with van der Waals surface area (Å²) in [5.74, 6) is -0.958. The number of benzene rings is 2. The maximum absolute atomic E-state index is 13.4. The Labute approximate surface area is 209 Å². The Morgan fingerprint density at radius 2 is 1.61 bits per heavy atom. The number of carbonyl (C=O) groups is 2. The second-order valence-electron chi connectivity index (χ2n) is 7.83. The van der Waals surface area contributed by atoms with E-state index >= 15 is 0 Å². The molecule has 1 unspecified atom stereocenters. The highest BCUT2D eigenvalue weighted by Gasteiger charge is 2.31. The number of anilines is 1. The Bertz CT molecular complexity index is 1130. The number of rotatable bonds is 9. The first-order chi connectivity index (χ1) is 15.3. The molecule has 0 fully saturated rings. The number of nitrogens with zero attached hydrogens (tertiary/aromatic N) is 2. The predicted molar refractivity (Wildman–Crippen MR) is 133 cm³/mol. The van der Waals surface area contributed by atoms with E-state index in [9.17, 15) is 18.0 Å². The van der Waals surface area contributed by atoms with E-state index in [0.717, 1.165) is 10.6 Å². The zero-order valence-corrected chi connectivity index (χ0v) is 21.8. The molecule has 2 rings (SSSR count). The monoisotopic (exact) mass is 533 g/mol. The molecule has 33 heavy (non-hydrogen) atoms. The topological polar surface area (TPSA) is 86.8 Å². The zero-order chi connectivity index (χ0) is 24.9. The number of hydrogen-bond donors (Lipinski definition) is 1. The van der Waals surface area contributed by atoms with Crippen molar-refractivity contribution in [1.29, 1.82) is 0 Å². The Hall–Kier alpha value is -2.00. The van der Waals surface area contributed by atoms with Gasteiger partial charge in [-0.05, 0) is 50.6 Å². The van der Waals surface area contributed by atoms with Gasteiger partial charge in [-0.25, -0.2) is 8.42 Å². The van der Waals surface area contributed by atoms with Crippen LogP contribution >= 0.6 is 34.8 Å². The lowest BCUT2D eigenvalue weighted by atomic mass is 10.1. The summed E-state index contributed by atoms with van der Waals surface area (Å²) < 4.78 is 26.0. The van der Waals surface area contributed by atoms with Crippen LogP contribution in [0.4, 0.5) is 5.69 Å². The van der Waals surface area contributed by atoms with Crippen LogP contribution in [0, 0.1) is 0 Å². The molecule has 1 atom stereocenters. The first-order valence-electron chi connectivity index (χ1n) is 10.1. The van der Waals surface area contributed by atoms with Crippen molar-refractivity contribution in [3.63, 3.8) is 0 Å². The number of nitrogens with one attached hydrogen (secondary N) is 1. The first kappa shape index (κ1) is 27.2. The largest absolute Gasteiger partial charge is 0.352 e. The van der Waals surface area contributed by atoms with E-state index in [-0.39, 0.29) is 29.2 Å². The smallest absolute Gasteiger partial charge is 0.244 e. The van der Waals surface area contributed by atoms with E-state index in [0.29, 0.717) is 15.6 Å². The number of carbonyl (C=O) groups excluding carboxylic acids is 2. The third kappa shape index (κ3) is 7.50. The van der Waals surface area contributed by atoms with Gasteiger partial charge in [-0.3, -0.25) is 13.9 Å². The average molecular weight is 535 g/mol. The van der Waals surface area contributed by atoms with Gasteiger partial charge in [0.05, 0.1) is 27.0 Å². The molecule has 11 heteroatoms. The molecule has 2 amide bonds. The number of halogens is 3. The summed E-state index contributed by atoms with van der Waals surface area (Å²) in [6.07, 6.45) is 0.988. The van der Waals surface area contributed by atoms with Crippen LogP contribution in [0.3, 0.4) is 0 Å². The number of amides is 2. The van der Waals surface area contributed by atoms with Crippen molar-refractivity contribution in [2.24, 2.45) is 0 Å². The van der Waals surface area contributed by atoms with Crippen molar-refractivity contribution in [2.45, 2.75) is 39.4 Å². The lowest BCUT2D eigenvalue weighted by Crippen LogP contribution is -2.52. The third-order valence-corrected chi connectivity index (χ3v) is 6.92. The van der Waals surface area contributed by atoms with Crippen LogP contribution in [0.25, 0.3) is 0 Å². The minimum atomic E-state index is -3.86. The Balaban J connectivity index is 2.43. The number of hydrogen-bond acceptors (Lipinski definition) is 4. The molecule has 0 aliphatic heterocycles. The summed E-state index contributed by atoms with van der Waals surface area (Å²) in [6.45, 7) is 4.66. The minimum absolute atomic E-state index is 0.0164. The summed E-state index contributed by atoms with van der Waals surface area (Å²) in [4.78, 5) is 27.4. The van der Waals surface area contributed by atoms with Gasteiger partial charge in [-0.2, -0.15) is 0 Å². The highest BCUT2D eigenvalue weighted by atomic mass is 35.5. The summed E-state index contributed by atoms with van der Waals surface area (Å²) in [7, 11) is -3.86. The summed E-state index contributed by atoms with van der Waals surface area (Å²) in [5, 5.41) is 3.61. The van der Waals surface area contributed by atoms with Crippen LogP contribution in [0.2, 0.25) is 15.1 Å². The molecule has 2 aromatic rings. The van der Waals surface area contributed by atoms with E-state index in [1.165, 1.54) is 17.0 Å². The molecular weight excluding hydrogens is 509 g/mol. The van der Waals surface area contributed by atoms with Crippen molar-refractivity contribution >= 4 is 62.3 Å². The van der Waals surface area contributed by atoms with Gasteiger partial charge in [0.25, 0.3) is 0 Å². The average Bonchev–Trinajstić information content (AvgIpc) is 2.71. The van der Waals surface area contributed by atoms with Gasteiger partial charge >= 0.3 is 0 Å². The van der Waals surface area contributed by atoms with Crippen LogP contribution in [0.5, 0.6) is 0 Å². The zero-order valence-electron chi connectivity index (χ0n) is 18.7. The van der Waals surface area contributed by atoms with Gasteiger partial charge < -0.3 is 10.2 Å². The molecule has 7 nitrogen and oxygen atoms in total. The third-order valence-electron chi connectivity index (χ3n) is 4.74.